The third kappa shape index (κ3) is 5.63. The van der Waals surface area contributed by atoms with Crippen LogP contribution in [0.15, 0.2) is 29.2 Å². The Morgan fingerprint density at radius 1 is 1.10 bits per heavy atom. The second-order valence-electron chi connectivity index (χ2n) is 7.79. The number of ether oxygens (including phenoxy) is 1. The van der Waals surface area contributed by atoms with E-state index in [1.165, 1.54) is 12.1 Å². The molecule has 158 valence electrons. The Labute approximate surface area is 170 Å². The Kier molecular flexibility index (Phi) is 6.69. The maximum atomic E-state index is 12.3. The van der Waals surface area contributed by atoms with Crippen LogP contribution >= 0.6 is 0 Å². The molecule has 0 aliphatic heterocycles. The molecule has 2 saturated carbocycles. The van der Waals surface area contributed by atoms with Crippen molar-refractivity contribution in [2.45, 2.75) is 43.4 Å². The van der Waals surface area contributed by atoms with E-state index in [1.54, 1.807) is 12.1 Å². The second-order valence-corrected chi connectivity index (χ2v) is 9.35. The quantitative estimate of drug-likeness (QED) is 0.628. The number of hydrogen-bond donors (Lipinski definition) is 2. The van der Waals surface area contributed by atoms with E-state index in [-0.39, 0.29) is 35.0 Å². The van der Waals surface area contributed by atoms with E-state index in [0.717, 1.165) is 24.8 Å². The van der Waals surface area contributed by atoms with Crippen LogP contribution in [0.3, 0.4) is 0 Å². The molecule has 0 radical (unpaired) electrons. The number of amides is 1. The Balaban J connectivity index is 1.38. The molecule has 1 aromatic rings. The summed E-state index contributed by atoms with van der Waals surface area (Å²) in [6, 6.07) is 6.09. The number of rotatable bonds is 7. The van der Waals surface area contributed by atoms with Crippen molar-refractivity contribution in [1.82, 2.24) is 5.32 Å². The van der Waals surface area contributed by atoms with Crippen LogP contribution in [0.1, 0.15) is 37.7 Å². The molecule has 29 heavy (non-hydrogen) atoms. The van der Waals surface area contributed by atoms with Crippen LogP contribution < -0.4 is 10.5 Å². The summed E-state index contributed by atoms with van der Waals surface area (Å²) in [5.74, 6) is -0.873. The van der Waals surface area contributed by atoms with Crippen LogP contribution in [0.2, 0.25) is 0 Å². The highest BCUT2D eigenvalue weighted by atomic mass is 32.2. The van der Waals surface area contributed by atoms with Gasteiger partial charge >= 0.3 is 5.97 Å². The lowest BCUT2D eigenvalue weighted by atomic mass is 9.67. The molecule has 1 amide bonds. The highest BCUT2D eigenvalue weighted by molar-refractivity contribution is 7.89. The minimum absolute atomic E-state index is 0.0328. The number of sulfonamides is 1. The molecule has 2 bridgehead atoms. The fourth-order valence-electron chi connectivity index (χ4n) is 4.17. The van der Waals surface area contributed by atoms with Gasteiger partial charge in [-0.2, -0.15) is 0 Å². The summed E-state index contributed by atoms with van der Waals surface area (Å²) in [6.45, 7) is -0.0177. The van der Waals surface area contributed by atoms with Gasteiger partial charge in [0.15, 0.2) is 6.61 Å². The molecule has 2 aliphatic carbocycles. The van der Waals surface area contributed by atoms with Gasteiger partial charge in [-0.25, -0.2) is 13.6 Å². The Morgan fingerprint density at radius 3 is 2.31 bits per heavy atom. The number of hydrogen-bond acceptors (Lipinski definition) is 6. The number of benzene rings is 1. The molecule has 0 saturated heterocycles. The van der Waals surface area contributed by atoms with E-state index in [2.05, 4.69) is 5.32 Å². The van der Waals surface area contributed by atoms with Crippen molar-refractivity contribution in [3.05, 3.63) is 29.8 Å². The van der Waals surface area contributed by atoms with Gasteiger partial charge in [0.25, 0.3) is 5.91 Å². The smallest absolute Gasteiger partial charge is 0.309 e. The summed E-state index contributed by atoms with van der Waals surface area (Å²) in [6.07, 6.45) is 4.29. The van der Waals surface area contributed by atoms with E-state index < -0.39 is 21.9 Å². The maximum absolute atomic E-state index is 12.3. The van der Waals surface area contributed by atoms with Gasteiger partial charge in [0, 0.05) is 18.4 Å². The molecule has 9 heteroatoms. The summed E-state index contributed by atoms with van der Waals surface area (Å²) in [5.41, 5.74) is 0.841. The Hall–Kier alpha value is -2.26. The second kappa shape index (κ2) is 9.04. The summed E-state index contributed by atoms with van der Waals surface area (Å²) < 4.78 is 27.6. The molecule has 1 aromatic carbocycles. The lowest BCUT2D eigenvalue weighted by molar-refractivity contribution is -0.156. The number of carbonyl (C=O) groups excluding carboxylic acids is 3. The van der Waals surface area contributed by atoms with Crippen molar-refractivity contribution < 1.29 is 27.5 Å². The number of primary sulfonamides is 1. The predicted molar refractivity (Wildman–Crippen MR) is 104 cm³/mol. The van der Waals surface area contributed by atoms with Gasteiger partial charge < -0.3 is 10.1 Å². The summed E-state index contributed by atoms with van der Waals surface area (Å²) in [7, 11) is -3.72. The lowest BCUT2D eigenvalue weighted by Gasteiger charge is -2.36. The molecule has 8 nitrogen and oxygen atoms in total. The number of fused-ring (bicyclic) bond motifs is 2. The van der Waals surface area contributed by atoms with Crippen molar-refractivity contribution in [3.63, 3.8) is 0 Å². The van der Waals surface area contributed by atoms with Gasteiger partial charge in [0.1, 0.15) is 5.78 Å². The van der Waals surface area contributed by atoms with Gasteiger partial charge in [-0.1, -0.05) is 18.6 Å². The summed E-state index contributed by atoms with van der Waals surface area (Å²) in [5, 5.41) is 7.72. The number of carbonyl (C=O) groups is 3. The van der Waals surface area contributed by atoms with Gasteiger partial charge in [0.05, 0.1) is 10.8 Å². The third-order valence-corrected chi connectivity index (χ3v) is 6.64. The minimum Gasteiger partial charge on any atom is -0.455 e. The highest BCUT2D eigenvalue weighted by Gasteiger charge is 2.41. The standard InChI is InChI=1S/C20H26N2O6S/c21-29(26,27)17-6-4-13(5-7-17)8-9-22-18(23)12-28-20(25)16-10-14-2-1-3-15(11-16)19(14)24/h4-7,14-16H,1-3,8-12H2,(H,22,23)(H2,21,26,27)/t14-,15+,16?. The molecule has 1 unspecified atom stereocenters. The summed E-state index contributed by atoms with van der Waals surface area (Å²) in [4.78, 5) is 36.3. The van der Waals surface area contributed by atoms with Crippen LogP contribution in [-0.4, -0.2) is 39.2 Å². The van der Waals surface area contributed by atoms with E-state index in [0.29, 0.717) is 25.8 Å². The molecular weight excluding hydrogens is 396 g/mol. The van der Waals surface area contributed by atoms with E-state index in [9.17, 15) is 22.8 Å². The zero-order valence-electron chi connectivity index (χ0n) is 16.1. The first-order valence-electron chi connectivity index (χ1n) is 9.83. The first kappa shape index (κ1) is 21.4. The van der Waals surface area contributed by atoms with Crippen LogP contribution in [0.25, 0.3) is 0 Å². The van der Waals surface area contributed by atoms with E-state index in [1.807, 2.05) is 0 Å². The molecule has 3 rings (SSSR count). The first-order valence-corrected chi connectivity index (χ1v) is 11.4. The predicted octanol–water partition coefficient (Wildman–Crippen LogP) is 0.931. The zero-order valence-corrected chi connectivity index (χ0v) is 16.9. The first-order chi connectivity index (χ1) is 13.7. The SMILES string of the molecule is NS(=O)(=O)c1ccc(CCNC(=O)COC(=O)C2C[C@H]3CCC[C@@H](C2)C3=O)cc1. The van der Waals surface area contributed by atoms with Crippen molar-refractivity contribution >= 4 is 27.7 Å². The Morgan fingerprint density at radius 2 is 1.72 bits per heavy atom. The van der Waals surface area contributed by atoms with Crippen LogP contribution in [0.4, 0.5) is 0 Å². The fourth-order valence-corrected chi connectivity index (χ4v) is 4.69. The normalized spacial score (nSPS) is 24.0. The van der Waals surface area contributed by atoms with Crippen LogP contribution in [0.5, 0.6) is 0 Å². The highest BCUT2D eigenvalue weighted by Crippen LogP contribution is 2.40. The lowest BCUT2D eigenvalue weighted by Crippen LogP contribution is -2.40. The monoisotopic (exact) mass is 422 g/mol. The number of nitrogens with two attached hydrogens (primary N) is 1. The third-order valence-electron chi connectivity index (χ3n) is 5.71. The minimum atomic E-state index is -3.72. The van der Waals surface area contributed by atoms with Crippen molar-refractivity contribution in [3.8, 4) is 0 Å². The van der Waals surface area contributed by atoms with E-state index in [4.69, 9.17) is 9.88 Å². The molecule has 0 spiro atoms. The summed E-state index contributed by atoms with van der Waals surface area (Å²) >= 11 is 0. The number of esters is 1. The van der Waals surface area contributed by atoms with Crippen molar-refractivity contribution in [2.24, 2.45) is 22.9 Å². The fraction of sp³-hybridized carbons (Fsp3) is 0.550. The average molecular weight is 423 g/mol. The Bertz CT molecular complexity index is 865. The van der Waals surface area contributed by atoms with Crippen LogP contribution in [0, 0.1) is 17.8 Å². The van der Waals surface area contributed by atoms with Gasteiger partial charge in [0.2, 0.25) is 10.0 Å². The molecule has 3 N–H and O–H groups in total. The van der Waals surface area contributed by atoms with Gasteiger partial charge in [-0.3, -0.25) is 14.4 Å². The van der Waals surface area contributed by atoms with Crippen molar-refractivity contribution in [2.75, 3.05) is 13.2 Å². The molecule has 2 fully saturated rings. The van der Waals surface area contributed by atoms with E-state index >= 15 is 0 Å². The molecular formula is C20H26N2O6S. The van der Waals surface area contributed by atoms with Gasteiger partial charge in [-0.05, 0) is 49.8 Å². The van der Waals surface area contributed by atoms with Crippen molar-refractivity contribution in [1.29, 1.82) is 0 Å². The maximum Gasteiger partial charge on any atom is 0.309 e. The molecule has 3 atom stereocenters. The number of nitrogens with one attached hydrogen (secondary N) is 1. The van der Waals surface area contributed by atoms with Crippen LogP contribution in [-0.2, 0) is 35.6 Å². The number of ketones is 1. The average Bonchev–Trinajstić information content (AvgIpc) is 2.65. The molecule has 0 aromatic heterocycles. The van der Waals surface area contributed by atoms with Gasteiger partial charge in [-0.15, -0.1) is 0 Å². The largest absolute Gasteiger partial charge is 0.455 e. The number of Topliss-reactive ketones (excluding diaryl/α,β-unsaturated/α-hetero) is 1. The zero-order chi connectivity index (χ0) is 21.0. The topological polar surface area (TPSA) is 133 Å². The molecule has 2 aliphatic rings. The molecule has 0 heterocycles.